The molecule has 0 aliphatic heterocycles. The zero-order valence-electron chi connectivity index (χ0n) is 11.6. The smallest absolute Gasteiger partial charge is 0.269 e. The molecule has 108 valence electrons. The summed E-state index contributed by atoms with van der Waals surface area (Å²) in [6, 6.07) is 7.29. The Labute approximate surface area is 117 Å². The van der Waals surface area contributed by atoms with E-state index in [0.717, 1.165) is 5.39 Å². The van der Waals surface area contributed by atoms with Crippen LogP contribution in [0.15, 0.2) is 28.7 Å². The molecule has 20 heavy (non-hydrogen) atoms. The number of nitrogens with zero attached hydrogens (tertiary/aromatic N) is 1. The number of aliphatic hydroxyl groups is 1. The zero-order chi connectivity index (χ0) is 14.7. The van der Waals surface area contributed by atoms with E-state index < -0.39 is 0 Å². The first-order valence-corrected chi connectivity index (χ1v) is 6.41. The van der Waals surface area contributed by atoms with Crippen molar-refractivity contribution in [1.29, 1.82) is 0 Å². The highest BCUT2D eigenvalue weighted by atomic mass is 16.3. The van der Waals surface area contributed by atoms with Crippen molar-refractivity contribution in [3.8, 4) is 0 Å². The molecule has 1 unspecified atom stereocenters. The Balaban J connectivity index is 2.44. The van der Waals surface area contributed by atoms with Crippen molar-refractivity contribution in [2.24, 2.45) is 5.84 Å². The quantitative estimate of drug-likeness (QED) is 0.428. The van der Waals surface area contributed by atoms with Crippen LogP contribution in [0.2, 0.25) is 0 Å². The number of carbonyl (C=O) groups is 1. The number of furan rings is 1. The minimum Gasteiger partial charge on any atom is -0.459 e. The molecule has 0 radical (unpaired) electrons. The average molecular weight is 277 g/mol. The number of carbonyl (C=O) groups excluding carboxylic acids is 1. The maximum absolute atomic E-state index is 12.0. The van der Waals surface area contributed by atoms with Gasteiger partial charge in [0.1, 0.15) is 11.3 Å². The monoisotopic (exact) mass is 277 g/mol. The Morgan fingerprint density at radius 1 is 1.50 bits per heavy atom. The number of nitrogens with one attached hydrogen (secondary N) is 1. The van der Waals surface area contributed by atoms with Crippen LogP contribution in [0.1, 0.15) is 23.0 Å². The number of nitrogens with two attached hydrogens (primary N) is 1. The van der Waals surface area contributed by atoms with E-state index >= 15 is 0 Å². The average Bonchev–Trinajstić information content (AvgIpc) is 2.83. The molecular weight excluding hydrogens is 258 g/mol. The van der Waals surface area contributed by atoms with Gasteiger partial charge in [0, 0.05) is 11.4 Å². The summed E-state index contributed by atoms with van der Waals surface area (Å²) in [4.78, 5) is 13.9. The van der Waals surface area contributed by atoms with Gasteiger partial charge in [0.2, 0.25) is 0 Å². The third-order valence-electron chi connectivity index (χ3n) is 3.44. The van der Waals surface area contributed by atoms with E-state index in [2.05, 4.69) is 5.43 Å². The Morgan fingerprint density at radius 3 is 2.85 bits per heavy atom. The second kappa shape index (κ2) is 6.04. The Morgan fingerprint density at radius 2 is 2.20 bits per heavy atom. The summed E-state index contributed by atoms with van der Waals surface area (Å²) in [5.74, 6) is 5.40. The van der Waals surface area contributed by atoms with Gasteiger partial charge in [-0.05, 0) is 20.0 Å². The van der Waals surface area contributed by atoms with E-state index in [1.54, 1.807) is 0 Å². The van der Waals surface area contributed by atoms with Crippen LogP contribution in [0.4, 0.5) is 0 Å². The van der Waals surface area contributed by atoms with Crippen molar-refractivity contribution in [3.63, 3.8) is 0 Å². The van der Waals surface area contributed by atoms with Gasteiger partial charge in [-0.2, -0.15) is 0 Å². The van der Waals surface area contributed by atoms with Gasteiger partial charge in [-0.25, -0.2) is 5.84 Å². The van der Waals surface area contributed by atoms with Crippen LogP contribution < -0.4 is 11.3 Å². The van der Waals surface area contributed by atoms with E-state index in [4.69, 9.17) is 10.3 Å². The normalized spacial score (nSPS) is 12.8. The number of hydrogen-bond donors (Lipinski definition) is 3. The minimum atomic E-state index is -0.380. The number of benzene rings is 1. The maximum Gasteiger partial charge on any atom is 0.269 e. The second-order valence-corrected chi connectivity index (χ2v) is 4.82. The molecular formula is C14H19N3O3. The molecule has 0 saturated heterocycles. The van der Waals surface area contributed by atoms with Gasteiger partial charge < -0.3 is 9.52 Å². The first-order valence-electron chi connectivity index (χ1n) is 6.41. The predicted molar refractivity (Wildman–Crippen MR) is 75.9 cm³/mol. The molecule has 0 aliphatic rings. The highest BCUT2D eigenvalue weighted by Gasteiger charge is 2.22. The largest absolute Gasteiger partial charge is 0.459 e. The lowest BCUT2D eigenvalue weighted by Gasteiger charge is -2.21. The highest BCUT2D eigenvalue weighted by molar-refractivity contribution is 6.07. The van der Waals surface area contributed by atoms with Crippen molar-refractivity contribution in [2.45, 2.75) is 19.5 Å². The number of hydrazine groups is 1. The summed E-state index contributed by atoms with van der Waals surface area (Å²) < 4.78 is 5.75. The third-order valence-corrected chi connectivity index (χ3v) is 3.44. The first kappa shape index (κ1) is 14.5. The number of hydrogen-bond acceptors (Lipinski definition) is 5. The lowest BCUT2D eigenvalue weighted by Crippen LogP contribution is -2.33. The molecule has 6 heteroatoms. The van der Waals surface area contributed by atoms with E-state index in [0.29, 0.717) is 23.5 Å². The molecule has 0 saturated carbocycles. The van der Waals surface area contributed by atoms with Crippen LogP contribution in [0.3, 0.4) is 0 Å². The molecule has 0 fully saturated rings. The van der Waals surface area contributed by atoms with E-state index in [-0.39, 0.29) is 18.6 Å². The lowest BCUT2D eigenvalue weighted by atomic mass is 10.1. The van der Waals surface area contributed by atoms with Crippen molar-refractivity contribution >= 4 is 16.9 Å². The summed E-state index contributed by atoms with van der Waals surface area (Å²) in [6.45, 7) is 2.35. The number of fused-ring (bicyclic) bond motifs is 1. The molecule has 0 spiro atoms. The van der Waals surface area contributed by atoms with Crippen molar-refractivity contribution < 1.29 is 14.3 Å². The zero-order valence-corrected chi connectivity index (χ0v) is 11.6. The molecule has 2 rings (SSSR count). The molecule has 1 atom stereocenters. The van der Waals surface area contributed by atoms with Crippen LogP contribution in [-0.2, 0) is 6.54 Å². The lowest BCUT2D eigenvalue weighted by molar-refractivity contribution is 0.0949. The summed E-state index contributed by atoms with van der Waals surface area (Å²) >= 11 is 0. The number of rotatable bonds is 5. The van der Waals surface area contributed by atoms with Crippen LogP contribution in [0.25, 0.3) is 11.0 Å². The Kier molecular flexibility index (Phi) is 4.39. The standard InChI is InChI=1S/C14H19N3O3/c1-9(8-18)17(2)7-12-13(14(19)16-15)10-5-3-4-6-11(10)20-12/h3-6,9,18H,7-8,15H2,1-2H3,(H,16,19). The molecule has 0 aliphatic carbocycles. The van der Waals surface area contributed by atoms with Gasteiger partial charge in [-0.15, -0.1) is 0 Å². The molecule has 1 amide bonds. The molecule has 6 nitrogen and oxygen atoms in total. The van der Waals surface area contributed by atoms with Crippen LogP contribution >= 0.6 is 0 Å². The van der Waals surface area contributed by atoms with Gasteiger partial charge in [0.05, 0.1) is 18.7 Å². The van der Waals surface area contributed by atoms with Crippen LogP contribution in [-0.4, -0.2) is 35.6 Å². The second-order valence-electron chi connectivity index (χ2n) is 4.82. The molecule has 0 bridgehead atoms. The van der Waals surface area contributed by atoms with Gasteiger partial charge in [0.25, 0.3) is 5.91 Å². The van der Waals surface area contributed by atoms with Gasteiger partial charge in [-0.3, -0.25) is 15.1 Å². The summed E-state index contributed by atoms with van der Waals surface area (Å²) in [6.07, 6.45) is 0. The fraction of sp³-hybridized carbons (Fsp3) is 0.357. The number of aliphatic hydroxyl groups excluding tert-OH is 1. The van der Waals surface area contributed by atoms with Crippen molar-refractivity contribution in [1.82, 2.24) is 10.3 Å². The highest BCUT2D eigenvalue weighted by Crippen LogP contribution is 2.26. The number of likely N-dealkylation sites (N-methyl/N-ethyl adjacent to an activating group) is 1. The number of nitrogen functional groups attached to an aromatic ring is 1. The topological polar surface area (TPSA) is 91.7 Å². The molecule has 1 aromatic heterocycles. The molecule has 2 aromatic rings. The predicted octanol–water partition coefficient (Wildman–Crippen LogP) is 0.849. The fourth-order valence-electron chi connectivity index (χ4n) is 2.05. The van der Waals surface area contributed by atoms with Crippen molar-refractivity contribution in [3.05, 3.63) is 35.6 Å². The number of amides is 1. The minimum absolute atomic E-state index is 0.0306. The molecule has 1 heterocycles. The van der Waals surface area contributed by atoms with Crippen LogP contribution in [0, 0.1) is 0 Å². The Hall–Kier alpha value is -1.89. The summed E-state index contributed by atoms with van der Waals surface area (Å²) in [5.41, 5.74) is 3.24. The van der Waals surface area contributed by atoms with Gasteiger partial charge in [0.15, 0.2) is 0 Å². The van der Waals surface area contributed by atoms with E-state index in [9.17, 15) is 9.90 Å². The third kappa shape index (κ3) is 2.67. The SMILES string of the molecule is CC(CO)N(C)Cc1oc2ccccc2c1C(=O)NN. The number of para-hydroxylation sites is 1. The van der Waals surface area contributed by atoms with Crippen molar-refractivity contribution in [2.75, 3.05) is 13.7 Å². The maximum atomic E-state index is 12.0. The Bertz CT molecular complexity index is 609. The summed E-state index contributed by atoms with van der Waals surface area (Å²) in [7, 11) is 1.86. The van der Waals surface area contributed by atoms with Gasteiger partial charge in [-0.1, -0.05) is 18.2 Å². The molecule has 1 aromatic carbocycles. The van der Waals surface area contributed by atoms with E-state index in [1.165, 1.54) is 0 Å². The van der Waals surface area contributed by atoms with Gasteiger partial charge >= 0.3 is 0 Å². The van der Waals surface area contributed by atoms with Crippen LogP contribution in [0.5, 0.6) is 0 Å². The molecule has 4 N–H and O–H groups in total. The van der Waals surface area contributed by atoms with E-state index in [1.807, 2.05) is 43.1 Å². The fourth-order valence-corrected chi connectivity index (χ4v) is 2.05. The first-order chi connectivity index (χ1) is 9.58. The summed E-state index contributed by atoms with van der Waals surface area (Å²) in [5, 5.41) is 9.91.